The molecule has 0 radical (unpaired) electrons. The summed E-state index contributed by atoms with van der Waals surface area (Å²) in [6.07, 6.45) is 0.944. The summed E-state index contributed by atoms with van der Waals surface area (Å²) < 4.78 is 12.9. The lowest BCUT2D eigenvalue weighted by Gasteiger charge is -2.01. The highest BCUT2D eigenvalue weighted by atomic mass is 19.1. The molecule has 0 saturated carbocycles. The van der Waals surface area contributed by atoms with Crippen LogP contribution in [0.2, 0.25) is 0 Å². The van der Waals surface area contributed by atoms with Gasteiger partial charge in [-0.3, -0.25) is 0 Å². The fraction of sp³-hybridized carbons (Fsp3) is 0.100. The lowest BCUT2D eigenvalue weighted by Crippen LogP contribution is -1.90. The molecule has 0 atom stereocenters. The predicted octanol–water partition coefficient (Wildman–Crippen LogP) is 5.56. The van der Waals surface area contributed by atoms with E-state index in [1.54, 1.807) is 13.0 Å². The minimum atomic E-state index is -0.272. The summed E-state index contributed by atoms with van der Waals surface area (Å²) in [4.78, 5) is 0. The molecule has 22 heavy (non-hydrogen) atoms. The molecule has 0 fully saturated rings. The third-order valence-electron chi connectivity index (χ3n) is 3.57. The molecule has 2 N–H and O–H groups in total. The molecule has 1 aliphatic rings. The molecule has 1 nitrogen and oxygen atoms in total. The van der Waals surface area contributed by atoms with Gasteiger partial charge in [0.05, 0.1) is 0 Å². The summed E-state index contributed by atoms with van der Waals surface area (Å²) in [5, 5.41) is 0. The quantitative estimate of drug-likeness (QED) is 0.685. The molecule has 0 saturated heterocycles. The van der Waals surface area contributed by atoms with E-state index in [2.05, 4.69) is 31.9 Å². The zero-order chi connectivity index (χ0) is 16.3. The number of hydrogen-bond donors (Lipinski definition) is 1. The first-order chi connectivity index (χ1) is 10.4. The minimum Gasteiger partial charge on any atom is -0.399 e. The molecule has 0 amide bonds. The SMILES string of the molecule is C=C(C)c1cc(N)ccc1F.C=C1CC(=C)c2ccccc21. The molecular formula is C20H20FN. The number of nitrogen functional groups attached to an aromatic ring is 1. The van der Waals surface area contributed by atoms with Gasteiger partial charge in [0.15, 0.2) is 0 Å². The van der Waals surface area contributed by atoms with Crippen LogP contribution in [0.3, 0.4) is 0 Å². The minimum absolute atomic E-state index is 0.272. The van der Waals surface area contributed by atoms with E-state index in [4.69, 9.17) is 5.73 Å². The van der Waals surface area contributed by atoms with Crippen molar-refractivity contribution in [2.75, 3.05) is 5.73 Å². The van der Waals surface area contributed by atoms with Crippen molar-refractivity contribution >= 4 is 22.4 Å². The fourth-order valence-electron chi connectivity index (χ4n) is 2.42. The molecule has 0 unspecified atom stereocenters. The Kier molecular flexibility index (Phi) is 4.62. The maximum Gasteiger partial charge on any atom is 0.130 e. The Morgan fingerprint density at radius 1 is 1.05 bits per heavy atom. The first-order valence-electron chi connectivity index (χ1n) is 7.06. The highest BCUT2D eigenvalue weighted by molar-refractivity contribution is 5.90. The number of halogens is 1. The Morgan fingerprint density at radius 3 is 2.05 bits per heavy atom. The van der Waals surface area contributed by atoms with Gasteiger partial charge in [0.1, 0.15) is 5.82 Å². The fourth-order valence-corrected chi connectivity index (χ4v) is 2.42. The van der Waals surface area contributed by atoms with Crippen molar-refractivity contribution in [3.8, 4) is 0 Å². The summed E-state index contributed by atoms with van der Waals surface area (Å²) in [5.74, 6) is -0.272. The average Bonchev–Trinajstić information content (AvgIpc) is 2.78. The van der Waals surface area contributed by atoms with Crippen LogP contribution in [0.25, 0.3) is 16.7 Å². The average molecular weight is 293 g/mol. The van der Waals surface area contributed by atoms with Gasteiger partial charge in [-0.1, -0.05) is 44.0 Å². The standard InChI is InChI=1S/C11H10.C9H10FN/c1-8-7-9(2)11-6-4-3-5-10(8)11;1-6(2)8-5-7(11)3-4-9(8)10/h3-6H,1-2,7H2;3-5H,1,11H2,2H3. The maximum absolute atomic E-state index is 12.9. The lowest BCUT2D eigenvalue weighted by molar-refractivity contribution is 0.624. The van der Waals surface area contributed by atoms with Crippen LogP contribution in [-0.2, 0) is 0 Å². The van der Waals surface area contributed by atoms with Gasteiger partial charge in [0.25, 0.3) is 0 Å². The molecule has 2 heteroatoms. The Balaban J connectivity index is 0.000000160. The van der Waals surface area contributed by atoms with E-state index in [1.807, 2.05) is 12.1 Å². The van der Waals surface area contributed by atoms with Crippen molar-refractivity contribution in [2.45, 2.75) is 13.3 Å². The summed E-state index contributed by atoms with van der Waals surface area (Å²) in [5.41, 5.74) is 12.1. The van der Waals surface area contributed by atoms with Gasteiger partial charge in [-0.05, 0) is 59.4 Å². The van der Waals surface area contributed by atoms with Gasteiger partial charge in [-0.15, -0.1) is 0 Å². The van der Waals surface area contributed by atoms with Crippen molar-refractivity contribution < 1.29 is 4.39 Å². The number of nitrogens with two attached hydrogens (primary N) is 1. The van der Waals surface area contributed by atoms with Crippen LogP contribution in [0.5, 0.6) is 0 Å². The molecule has 2 aromatic rings. The predicted molar refractivity (Wildman–Crippen MR) is 94.6 cm³/mol. The van der Waals surface area contributed by atoms with Gasteiger partial charge in [-0.25, -0.2) is 4.39 Å². The van der Waals surface area contributed by atoms with Gasteiger partial charge in [-0.2, -0.15) is 0 Å². The summed E-state index contributed by atoms with van der Waals surface area (Å²) in [7, 11) is 0. The van der Waals surface area contributed by atoms with Crippen molar-refractivity contribution in [3.63, 3.8) is 0 Å². The smallest absolute Gasteiger partial charge is 0.130 e. The van der Waals surface area contributed by atoms with Gasteiger partial charge >= 0.3 is 0 Å². The zero-order valence-electron chi connectivity index (χ0n) is 12.8. The van der Waals surface area contributed by atoms with E-state index in [-0.39, 0.29) is 5.82 Å². The van der Waals surface area contributed by atoms with Crippen LogP contribution in [0.4, 0.5) is 10.1 Å². The van der Waals surface area contributed by atoms with E-state index in [0.717, 1.165) is 6.42 Å². The lowest BCUT2D eigenvalue weighted by atomic mass is 10.1. The molecule has 2 aromatic carbocycles. The Labute approximate surface area is 131 Å². The summed E-state index contributed by atoms with van der Waals surface area (Å²) >= 11 is 0. The topological polar surface area (TPSA) is 26.0 Å². The van der Waals surface area contributed by atoms with E-state index in [1.165, 1.54) is 34.4 Å². The second-order valence-corrected chi connectivity index (χ2v) is 5.45. The Morgan fingerprint density at radius 2 is 1.59 bits per heavy atom. The number of anilines is 1. The van der Waals surface area contributed by atoms with E-state index < -0.39 is 0 Å². The number of fused-ring (bicyclic) bond motifs is 1. The van der Waals surface area contributed by atoms with E-state index >= 15 is 0 Å². The second kappa shape index (κ2) is 6.44. The van der Waals surface area contributed by atoms with Gasteiger partial charge < -0.3 is 5.73 Å². The molecule has 0 bridgehead atoms. The molecular weight excluding hydrogens is 273 g/mol. The summed E-state index contributed by atoms with van der Waals surface area (Å²) in [6.45, 7) is 13.3. The third-order valence-corrected chi connectivity index (χ3v) is 3.57. The van der Waals surface area contributed by atoms with Crippen molar-refractivity contribution in [1.29, 1.82) is 0 Å². The van der Waals surface area contributed by atoms with Crippen LogP contribution in [-0.4, -0.2) is 0 Å². The molecule has 3 rings (SSSR count). The first-order valence-corrected chi connectivity index (χ1v) is 7.06. The number of benzene rings is 2. The van der Waals surface area contributed by atoms with E-state index in [9.17, 15) is 4.39 Å². The second-order valence-electron chi connectivity index (χ2n) is 5.45. The summed E-state index contributed by atoms with van der Waals surface area (Å²) in [6, 6.07) is 12.8. The number of rotatable bonds is 1. The molecule has 1 aliphatic carbocycles. The highest BCUT2D eigenvalue weighted by Gasteiger charge is 2.16. The van der Waals surface area contributed by atoms with Gasteiger partial charge in [0, 0.05) is 11.3 Å². The molecule has 0 spiro atoms. The number of allylic oxidation sites excluding steroid dienone is 3. The van der Waals surface area contributed by atoms with Crippen LogP contribution < -0.4 is 5.73 Å². The molecule has 0 aromatic heterocycles. The van der Waals surface area contributed by atoms with Crippen LogP contribution >= 0.6 is 0 Å². The van der Waals surface area contributed by atoms with Crippen LogP contribution in [0.15, 0.2) is 62.2 Å². The molecule has 0 aliphatic heterocycles. The largest absolute Gasteiger partial charge is 0.399 e. The Bertz CT molecular complexity index is 723. The zero-order valence-corrected chi connectivity index (χ0v) is 12.8. The first kappa shape index (κ1) is 15.8. The van der Waals surface area contributed by atoms with Crippen LogP contribution in [0, 0.1) is 5.82 Å². The number of hydrogen-bond acceptors (Lipinski definition) is 1. The normalized spacial score (nSPS) is 12.5. The third kappa shape index (κ3) is 3.34. The molecule has 0 heterocycles. The van der Waals surface area contributed by atoms with Crippen molar-refractivity contribution in [3.05, 3.63) is 84.7 Å². The van der Waals surface area contributed by atoms with Crippen molar-refractivity contribution in [1.82, 2.24) is 0 Å². The maximum atomic E-state index is 12.9. The Hall–Kier alpha value is -2.61. The molecule has 112 valence electrons. The van der Waals surface area contributed by atoms with Gasteiger partial charge in [0.2, 0.25) is 0 Å². The monoisotopic (exact) mass is 293 g/mol. The van der Waals surface area contributed by atoms with E-state index in [0.29, 0.717) is 16.8 Å². The van der Waals surface area contributed by atoms with Crippen LogP contribution in [0.1, 0.15) is 30.0 Å². The highest BCUT2D eigenvalue weighted by Crippen LogP contribution is 2.37. The van der Waals surface area contributed by atoms with Crippen molar-refractivity contribution in [2.24, 2.45) is 0 Å².